The van der Waals surface area contributed by atoms with E-state index in [0.717, 1.165) is 12.8 Å². The molecule has 2 aliphatic rings. The minimum atomic E-state index is 0.237. The molecule has 3 nitrogen and oxygen atoms in total. The fraction of sp³-hybridized carbons (Fsp3) is 0.917. The van der Waals surface area contributed by atoms with Crippen LogP contribution in [0.4, 0.5) is 0 Å². The van der Waals surface area contributed by atoms with Gasteiger partial charge in [0.05, 0.1) is 0 Å². The molecular formula is C12H22N2O. The molecular weight excluding hydrogens is 188 g/mol. The van der Waals surface area contributed by atoms with Gasteiger partial charge in [-0.3, -0.25) is 4.79 Å². The Morgan fingerprint density at radius 1 is 1.20 bits per heavy atom. The van der Waals surface area contributed by atoms with E-state index >= 15 is 0 Å². The van der Waals surface area contributed by atoms with Crippen LogP contribution in [0.15, 0.2) is 0 Å². The molecule has 0 heterocycles. The molecule has 1 atom stereocenters. The summed E-state index contributed by atoms with van der Waals surface area (Å²) in [5.41, 5.74) is 5.75. The van der Waals surface area contributed by atoms with E-state index in [2.05, 4.69) is 5.32 Å². The van der Waals surface area contributed by atoms with Crippen molar-refractivity contribution in [1.29, 1.82) is 0 Å². The van der Waals surface area contributed by atoms with Crippen LogP contribution >= 0.6 is 0 Å². The lowest BCUT2D eigenvalue weighted by molar-refractivity contribution is -0.128. The summed E-state index contributed by atoms with van der Waals surface area (Å²) in [6.45, 7) is 0.600. The Morgan fingerprint density at radius 3 is 2.33 bits per heavy atom. The summed E-state index contributed by atoms with van der Waals surface area (Å²) in [6.07, 6.45) is 8.47. The first-order chi connectivity index (χ1) is 7.31. The molecule has 3 heteroatoms. The lowest BCUT2D eigenvalue weighted by Gasteiger charge is -2.29. The van der Waals surface area contributed by atoms with Crippen molar-refractivity contribution in [3.05, 3.63) is 0 Å². The molecule has 2 saturated carbocycles. The average molecular weight is 210 g/mol. The summed E-state index contributed by atoms with van der Waals surface area (Å²) in [7, 11) is 0. The summed E-state index contributed by atoms with van der Waals surface area (Å²) in [5, 5.41) is 3.15. The Balaban J connectivity index is 1.80. The van der Waals surface area contributed by atoms with Crippen molar-refractivity contribution in [1.82, 2.24) is 5.32 Å². The van der Waals surface area contributed by atoms with E-state index in [1.807, 2.05) is 0 Å². The topological polar surface area (TPSA) is 55.1 Å². The van der Waals surface area contributed by atoms with Crippen LogP contribution in [0.2, 0.25) is 0 Å². The largest absolute Gasteiger partial charge is 0.352 e. The second-order valence-corrected chi connectivity index (χ2v) is 5.02. The van der Waals surface area contributed by atoms with Gasteiger partial charge < -0.3 is 11.1 Å². The lowest BCUT2D eigenvalue weighted by atomic mass is 9.84. The smallest absolute Gasteiger partial charge is 0.223 e. The quantitative estimate of drug-likeness (QED) is 0.737. The molecule has 0 aliphatic heterocycles. The zero-order valence-electron chi connectivity index (χ0n) is 9.37. The van der Waals surface area contributed by atoms with E-state index in [9.17, 15) is 4.79 Å². The molecule has 0 aromatic rings. The summed E-state index contributed by atoms with van der Waals surface area (Å²) in [6, 6.07) is 0.237. The third kappa shape index (κ3) is 2.51. The normalized spacial score (nSPS) is 24.9. The van der Waals surface area contributed by atoms with Crippen molar-refractivity contribution < 1.29 is 4.79 Å². The monoisotopic (exact) mass is 210 g/mol. The molecule has 0 bridgehead atoms. The zero-order chi connectivity index (χ0) is 10.7. The molecule has 0 radical (unpaired) electrons. The number of rotatable bonds is 4. The minimum Gasteiger partial charge on any atom is -0.352 e. The van der Waals surface area contributed by atoms with Crippen LogP contribution in [-0.2, 0) is 4.79 Å². The predicted molar refractivity (Wildman–Crippen MR) is 60.3 cm³/mol. The first kappa shape index (κ1) is 10.9. The Morgan fingerprint density at radius 2 is 1.87 bits per heavy atom. The Bertz CT molecular complexity index is 220. The fourth-order valence-electron chi connectivity index (χ4n) is 2.70. The van der Waals surface area contributed by atoms with Crippen molar-refractivity contribution in [2.45, 2.75) is 51.0 Å². The van der Waals surface area contributed by atoms with Crippen LogP contribution in [0.5, 0.6) is 0 Å². The Hall–Kier alpha value is -0.570. The van der Waals surface area contributed by atoms with E-state index < -0.39 is 0 Å². The van der Waals surface area contributed by atoms with Crippen LogP contribution in [0.3, 0.4) is 0 Å². The van der Waals surface area contributed by atoms with Crippen molar-refractivity contribution in [2.24, 2.45) is 17.6 Å². The number of hydrogen-bond donors (Lipinski definition) is 2. The highest BCUT2D eigenvalue weighted by atomic mass is 16.2. The first-order valence-electron chi connectivity index (χ1n) is 6.31. The summed E-state index contributed by atoms with van der Waals surface area (Å²) in [5.74, 6) is 1.18. The zero-order valence-corrected chi connectivity index (χ0v) is 9.37. The molecule has 2 rings (SSSR count). The van der Waals surface area contributed by atoms with Crippen molar-refractivity contribution in [3.63, 3.8) is 0 Å². The van der Waals surface area contributed by atoms with Crippen LogP contribution < -0.4 is 11.1 Å². The number of nitrogens with one attached hydrogen (secondary N) is 1. The van der Waals surface area contributed by atoms with Gasteiger partial charge in [-0.2, -0.15) is 0 Å². The van der Waals surface area contributed by atoms with Crippen LogP contribution in [-0.4, -0.2) is 18.5 Å². The Kier molecular flexibility index (Phi) is 3.62. The molecule has 2 fully saturated rings. The van der Waals surface area contributed by atoms with E-state index in [1.54, 1.807) is 0 Å². The van der Waals surface area contributed by atoms with Crippen LogP contribution in [0.1, 0.15) is 44.9 Å². The van der Waals surface area contributed by atoms with Crippen LogP contribution in [0, 0.1) is 11.8 Å². The summed E-state index contributed by atoms with van der Waals surface area (Å²) >= 11 is 0. The second-order valence-electron chi connectivity index (χ2n) is 5.02. The third-order valence-corrected chi connectivity index (χ3v) is 4.03. The van der Waals surface area contributed by atoms with Crippen molar-refractivity contribution in [3.8, 4) is 0 Å². The number of carbonyl (C=O) groups is 1. The highest BCUT2D eigenvalue weighted by Crippen LogP contribution is 2.29. The minimum absolute atomic E-state index is 0.237. The van der Waals surface area contributed by atoms with Crippen molar-refractivity contribution in [2.75, 3.05) is 6.54 Å². The second kappa shape index (κ2) is 4.97. The van der Waals surface area contributed by atoms with E-state index in [4.69, 9.17) is 5.73 Å². The molecule has 0 spiro atoms. The van der Waals surface area contributed by atoms with E-state index in [-0.39, 0.29) is 11.9 Å². The van der Waals surface area contributed by atoms with Gasteiger partial charge in [-0.1, -0.05) is 19.3 Å². The SMILES string of the molecule is NCC(NC(=O)C1CCC1)C1CCCC1. The molecule has 15 heavy (non-hydrogen) atoms. The average Bonchev–Trinajstić information content (AvgIpc) is 2.63. The third-order valence-electron chi connectivity index (χ3n) is 4.03. The maximum Gasteiger partial charge on any atom is 0.223 e. The highest BCUT2D eigenvalue weighted by Gasteiger charge is 2.30. The fourth-order valence-corrected chi connectivity index (χ4v) is 2.70. The van der Waals surface area contributed by atoms with Gasteiger partial charge in [-0.05, 0) is 31.6 Å². The van der Waals surface area contributed by atoms with E-state index in [0.29, 0.717) is 18.4 Å². The van der Waals surface area contributed by atoms with Gasteiger partial charge in [-0.15, -0.1) is 0 Å². The van der Waals surface area contributed by atoms with Gasteiger partial charge in [0, 0.05) is 18.5 Å². The van der Waals surface area contributed by atoms with Gasteiger partial charge >= 0.3 is 0 Å². The predicted octanol–water partition coefficient (Wildman–Crippen LogP) is 1.42. The molecule has 86 valence electrons. The number of hydrogen-bond acceptors (Lipinski definition) is 2. The maximum absolute atomic E-state index is 11.8. The molecule has 0 aromatic carbocycles. The van der Waals surface area contributed by atoms with Crippen LogP contribution in [0.25, 0.3) is 0 Å². The van der Waals surface area contributed by atoms with Gasteiger partial charge in [0.15, 0.2) is 0 Å². The molecule has 3 N–H and O–H groups in total. The molecule has 1 unspecified atom stereocenters. The number of nitrogens with two attached hydrogens (primary N) is 1. The number of amides is 1. The molecule has 0 aromatic heterocycles. The van der Waals surface area contributed by atoms with Gasteiger partial charge in [0.2, 0.25) is 5.91 Å². The summed E-state index contributed by atoms with van der Waals surface area (Å²) < 4.78 is 0. The molecule has 2 aliphatic carbocycles. The molecule has 0 saturated heterocycles. The maximum atomic E-state index is 11.8. The van der Waals surface area contributed by atoms with Gasteiger partial charge in [0.1, 0.15) is 0 Å². The van der Waals surface area contributed by atoms with Gasteiger partial charge in [-0.25, -0.2) is 0 Å². The van der Waals surface area contributed by atoms with E-state index in [1.165, 1.54) is 32.1 Å². The lowest BCUT2D eigenvalue weighted by Crippen LogP contribution is -2.47. The highest BCUT2D eigenvalue weighted by molar-refractivity contribution is 5.79. The first-order valence-corrected chi connectivity index (χ1v) is 6.31. The van der Waals surface area contributed by atoms with Gasteiger partial charge in [0.25, 0.3) is 0 Å². The molecule has 1 amide bonds. The number of carbonyl (C=O) groups excluding carboxylic acids is 1. The van der Waals surface area contributed by atoms with Crippen molar-refractivity contribution >= 4 is 5.91 Å². The summed E-state index contributed by atoms with van der Waals surface area (Å²) in [4.78, 5) is 11.8. The standard InChI is InChI=1S/C12H22N2O/c13-8-11(9-4-1-2-5-9)14-12(15)10-6-3-7-10/h9-11H,1-8,13H2,(H,14,15). The Labute approximate surface area is 91.8 Å².